The van der Waals surface area contributed by atoms with Crippen LogP contribution in [0, 0.1) is 0 Å². The van der Waals surface area contributed by atoms with Crippen LogP contribution in [0.25, 0.3) is 11.0 Å². The summed E-state index contributed by atoms with van der Waals surface area (Å²) in [6.45, 7) is 0.828. The summed E-state index contributed by atoms with van der Waals surface area (Å²) in [5.74, 6) is 0.457. The molecular formula is C21H22N2O2. The van der Waals surface area contributed by atoms with E-state index >= 15 is 0 Å². The highest BCUT2D eigenvalue weighted by Gasteiger charge is 2.29. The van der Waals surface area contributed by atoms with Crippen LogP contribution in [0.4, 0.5) is 0 Å². The lowest BCUT2D eigenvalue weighted by Gasteiger charge is -2.22. The number of hydrogen-bond acceptors (Lipinski definition) is 4. The van der Waals surface area contributed by atoms with E-state index in [0.29, 0.717) is 5.88 Å². The fourth-order valence-electron chi connectivity index (χ4n) is 3.36. The number of hydrogen-bond donors (Lipinski definition) is 1. The third-order valence-electron chi connectivity index (χ3n) is 4.62. The second-order valence-corrected chi connectivity index (χ2v) is 6.38. The van der Waals surface area contributed by atoms with Crippen LogP contribution < -0.4 is 5.73 Å². The van der Waals surface area contributed by atoms with E-state index in [1.165, 1.54) is 5.56 Å². The van der Waals surface area contributed by atoms with Gasteiger partial charge in [0, 0.05) is 23.6 Å². The van der Waals surface area contributed by atoms with Gasteiger partial charge in [-0.1, -0.05) is 48.5 Å². The summed E-state index contributed by atoms with van der Waals surface area (Å²) in [4.78, 5) is 5.73. The van der Waals surface area contributed by atoms with Gasteiger partial charge in [0.15, 0.2) is 0 Å². The molecule has 4 heteroatoms. The minimum atomic E-state index is 0.000347. The largest absolute Gasteiger partial charge is 0.464 e. The maximum atomic E-state index is 5.93. The van der Waals surface area contributed by atoms with Crippen LogP contribution in [0.3, 0.4) is 0 Å². The van der Waals surface area contributed by atoms with Crippen LogP contribution in [-0.2, 0) is 11.3 Å². The topological polar surface area (TPSA) is 51.6 Å². The Labute approximate surface area is 147 Å². The second kappa shape index (κ2) is 7.03. The number of unbranched alkanes of at least 4 members (excludes halogenated alkanes) is 1. The van der Waals surface area contributed by atoms with E-state index in [4.69, 9.17) is 15.0 Å². The predicted octanol–water partition coefficient (Wildman–Crippen LogP) is 4.54. The van der Waals surface area contributed by atoms with Gasteiger partial charge in [-0.25, -0.2) is 0 Å². The Bertz CT molecular complexity index is 870. The molecule has 0 amide bonds. The van der Waals surface area contributed by atoms with E-state index in [2.05, 4.69) is 36.4 Å². The number of para-hydroxylation sites is 1. The number of furan rings is 1. The van der Waals surface area contributed by atoms with Crippen molar-refractivity contribution in [1.82, 2.24) is 5.06 Å². The van der Waals surface area contributed by atoms with Gasteiger partial charge in [-0.3, -0.25) is 0 Å². The standard InChI is InChI=1S/C21H22N2O2/c22-21-14-19(18-15-24-20-12-5-4-11-17(18)20)23(25-21)13-7-6-10-16-8-2-1-3-9-16/h1-5,8-9,11-12,14-15,19H,6-7,10,13,22H2. The summed E-state index contributed by atoms with van der Waals surface area (Å²) < 4.78 is 5.68. The van der Waals surface area contributed by atoms with E-state index in [9.17, 15) is 0 Å². The zero-order valence-corrected chi connectivity index (χ0v) is 14.1. The Morgan fingerprint density at radius 2 is 1.76 bits per heavy atom. The summed E-state index contributed by atoms with van der Waals surface area (Å²) in [5.41, 5.74) is 9.29. The van der Waals surface area contributed by atoms with Gasteiger partial charge in [0.05, 0.1) is 12.3 Å². The molecule has 4 rings (SSSR count). The molecule has 128 valence electrons. The van der Waals surface area contributed by atoms with Crippen molar-refractivity contribution in [3.63, 3.8) is 0 Å². The van der Waals surface area contributed by atoms with E-state index < -0.39 is 0 Å². The molecule has 1 aliphatic rings. The number of hydroxylamine groups is 2. The molecule has 25 heavy (non-hydrogen) atoms. The maximum absolute atomic E-state index is 5.93. The number of rotatable bonds is 6. The van der Waals surface area contributed by atoms with Crippen molar-refractivity contribution >= 4 is 11.0 Å². The van der Waals surface area contributed by atoms with Crippen LogP contribution >= 0.6 is 0 Å². The van der Waals surface area contributed by atoms with Crippen molar-refractivity contribution in [2.24, 2.45) is 5.73 Å². The van der Waals surface area contributed by atoms with Crippen molar-refractivity contribution in [2.75, 3.05) is 6.54 Å². The van der Waals surface area contributed by atoms with Gasteiger partial charge in [-0.05, 0) is 30.9 Å². The lowest BCUT2D eigenvalue weighted by molar-refractivity contribution is -0.120. The highest BCUT2D eigenvalue weighted by atomic mass is 16.7. The molecule has 0 saturated heterocycles. The number of nitrogens with zero attached hydrogens (tertiary/aromatic N) is 1. The Morgan fingerprint density at radius 3 is 2.64 bits per heavy atom. The van der Waals surface area contributed by atoms with Gasteiger partial charge in [0.2, 0.25) is 5.88 Å². The molecule has 0 aliphatic carbocycles. The summed E-state index contributed by atoms with van der Waals surface area (Å²) in [7, 11) is 0. The third-order valence-corrected chi connectivity index (χ3v) is 4.62. The van der Waals surface area contributed by atoms with Gasteiger partial charge < -0.3 is 15.0 Å². The van der Waals surface area contributed by atoms with E-state index in [0.717, 1.165) is 42.3 Å². The average molecular weight is 334 g/mol. The Kier molecular flexibility index (Phi) is 4.44. The lowest BCUT2D eigenvalue weighted by Crippen LogP contribution is -2.24. The quantitative estimate of drug-likeness (QED) is 0.672. The lowest BCUT2D eigenvalue weighted by atomic mass is 10.0. The Balaban J connectivity index is 1.41. The van der Waals surface area contributed by atoms with Crippen molar-refractivity contribution in [1.29, 1.82) is 0 Å². The van der Waals surface area contributed by atoms with Gasteiger partial charge in [0.25, 0.3) is 0 Å². The first kappa shape index (κ1) is 15.8. The molecule has 2 heterocycles. The van der Waals surface area contributed by atoms with Crippen LogP contribution in [0.5, 0.6) is 0 Å². The minimum Gasteiger partial charge on any atom is -0.464 e. The number of fused-ring (bicyclic) bond motifs is 1. The smallest absolute Gasteiger partial charge is 0.207 e. The third kappa shape index (κ3) is 3.39. The predicted molar refractivity (Wildman–Crippen MR) is 98.4 cm³/mol. The molecule has 0 spiro atoms. The molecule has 1 atom stereocenters. The highest BCUT2D eigenvalue weighted by Crippen LogP contribution is 2.35. The molecule has 0 radical (unpaired) electrons. The molecule has 4 nitrogen and oxygen atoms in total. The molecule has 1 unspecified atom stereocenters. The number of nitrogens with two attached hydrogens (primary N) is 1. The number of aryl methyl sites for hydroxylation is 1. The molecule has 1 aliphatic heterocycles. The van der Waals surface area contributed by atoms with Crippen molar-refractivity contribution in [3.8, 4) is 0 Å². The molecule has 2 aromatic carbocycles. The zero-order valence-electron chi connectivity index (χ0n) is 14.1. The van der Waals surface area contributed by atoms with Gasteiger partial charge in [0.1, 0.15) is 5.58 Å². The zero-order chi connectivity index (χ0) is 17.1. The second-order valence-electron chi connectivity index (χ2n) is 6.38. The van der Waals surface area contributed by atoms with Crippen molar-refractivity contribution in [3.05, 3.63) is 83.9 Å². The normalized spacial score (nSPS) is 17.6. The minimum absolute atomic E-state index is 0.000347. The summed E-state index contributed by atoms with van der Waals surface area (Å²) >= 11 is 0. The van der Waals surface area contributed by atoms with Gasteiger partial charge in [-0.15, -0.1) is 5.06 Å². The van der Waals surface area contributed by atoms with Crippen LogP contribution in [0.1, 0.15) is 30.0 Å². The summed E-state index contributed by atoms with van der Waals surface area (Å²) in [6, 6.07) is 18.6. The van der Waals surface area contributed by atoms with Gasteiger partial charge >= 0.3 is 0 Å². The van der Waals surface area contributed by atoms with Crippen molar-refractivity contribution in [2.45, 2.75) is 25.3 Å². The fraction of sp³-hybridized carbons (Fsp3) is 0.238. The van der Waals surface area contributed by atoms with Gasteiger partial charge in [-0.2, -0.15) is 0 Å². The molecular weight excluding hydrogens is 312 g/mol. The number of benzene rings is 2. The SMILES string of the molecule is NC1=CC(c2coc3ccccc23)N(CCCCc2ccccc2)O1. The maximum Gasteiger partial charge on any atom is 0.207 e. The Morgan fingerprint density at radius 1 is 0.960 bits per heavy atom. The molecule has 2 N–H and O–H groups in total. The summed E-state index contributed by atoms with van der Waals surface area (Å²) in [5, 5.41) is 3.06. The van der Waals surface area contributed by atoms with Crippen LogP contribution in [0.2, 0.25) is 0 Å². The molecule has 0 fully saturated rings. The van der Waals surface area contributed by atoms with E-state index in [1.807, 2.05) is 35.6 Å². The monoisotopic (exact) mass is 334 g/mol. The first-order valence-corrected chi connectivity index (χ1v) is 8.73. The fourth-order valence-corrected chi connectivity index (χ4v) is 3.36. The van der Waals surface area contributed by atoms with Crippen molar-refractivity contribution < 1.29 is 9.25 Å². The average Bonchev–Trinajstić information content (AvgIpc) is 3.22. The highest BCUT2D eigenvalue weighted by molar-refractivity contribution is 5.81. The molecule has 0 saturated carbocycles. The van der Waals surface area contributed by atoms with Crippen LogP contribution in [-0.4, -0.2) is 11.6 Å². The van der Waals surface area contributed by atoms with E-state index in [-0.39, 0.29) is 6.04 Å². The molecule has 3 aromatic rings. The van der Waals surface area contributed by atoms with E-state index in [1.54, 1.807) is 0 Å². The molecule has 1 aromatic heterocycles. The molecule has 0 bridgehead atoms. The first-order chi connectivity index (χ1) is 12.3. The van der Waals surface area contributed by atoms with Crippen LogP contribution in [0.15, 0.2) is 77.2 Å². The Hall–Kier alpha value is -2.72. The summed E-state index contributed by atoms with van der Waals surface area (Å²) in [6.07, 6.45) is 7.00. The first-order valence-electron chi connectivity index (χ1n) is 8.73.